The average molecular weight is 361 g/mol. The van der Waals surface area contributed by atoms with E-state index in [9.17, 15) is 18.0 Å². The topological polar surface area (TPSA) is 96.4 Å². The molecule has 132 valence electrons. The van der Waals surface area contributed by atoms with Gasteiger partial charge in [-0.1, -0.05) is 6.07 Å². The lowest BCUT2D eigenvalue weighted by atomic mass is 10.1. The van der Waals surface area contributed by atoms with Crippen molar-refractivity contribution in [2.24, 2.45) is 0 Å². The fraction of sp³-hybridized carbons (Fsp3) is 0.235. The Hall–Kier alpha value is -2.74. The summed E-state index contributed by atoms with van der Waals surface area (Å²) in [6.45, 7) is 1.28. The molecule has 1 aromatic heterocycles. The highest BCUT2D eigenvalue weighted by Gasteiger charge is 2.21. The van der Waals surface area contributed by atoms with E-state index < -0.39 is 15.9 Å². The number of pyridine rings is 1. The largest absolute Gasteiger partial charge is 0.349 e. The Morgan fingerprint density at radius 1 is 1.12 bits per heavy atom. The summed E-state index contributed by atoms with van der Waals surface area (Å²) in [7, 11) is -3.66. The van der Waals surface area contributed by atoms with Gasteiger partial charge in [0.05, 0.1) is 24.2 Å². The van der Waals surface area contributed by atoms with Crippen LogP contribution < -0.4 is 9.62 Å². The summed E-state index contributed by atoms with van der Waals surface area (Å²) in [4.78, 5) is 27.5. The third-order valence-electron chi connectivity index (χ3n) is 3.44. The summed E-state index contributed by atoms with van der Waals surface area (Å²) in [6, 6.07) is 11.4. The maximum atomic E-state index is 12.1. The molecule has 1 aromatic carbocycles. The van der Waals surface area contributed by atoms with Gasteiger partial charge in [-0.2, -0.15) is 0 Å². The summed E-state index contributed by atoms with van der Waals surface area (Å²) in [5.74, 6) is -0.572. The van der Waals surface area contributed by atoms with Crippen molar-refractivity contribution >= 4 is 27.4 Å². The number of amides is 1. The minimum absolute atomic E-state index is 0.120. The van der Waals surface area contributed by atoms with Gasteiger partial charge in [-0.15, -0.1) is 0 Å². The first-order valence-corrected chi connectivity index (χ1v) is 9.37. The highest BCUT2D eigenvalue weighted by molar-refractivity contribution is 7.92. The van der Waals surface area contributed by atoms with E-state index in [0.29, 0.717) is 16.9 Å². The van der Waals surface area contributed by atoms with Crippen molar-refractivity contribution in [2.75, 3.05) is 17.1 Å². The Balaban J connectivity index is 2.10. The van der Waals surface area contributed by atoms with E-state index in [2.05, 4.69) is 10.3 Å². The van der Waals surface area contributed by atoms with Gasteiger partial charge in [0.1, 0.15) is 6.54 Å². The molecule has 1 amide bonds. The van der Waals surface area contributed by atoms with Crippen LogP contribution in [-0.4, -0.2) is 37.9 Å². The van der Waals surface area contributed by atoms with Gasteiger partial charge in [0.2, 0.25) is 15.9 Å². The Kier molecular flexibility index (Phi) is 5.87. The number of rotatable bonds is 7. The van der Waals surface area contributed by atoms with E-state index in [4.69, 9.17) is 0 Å². The number of hydrogen-bond acceptors (Lipinski definition) is 5. The molecule has 2 rings (SSSR count). The highest BCUT2D eigenvalue weighted by Crippen LogP contribution is 2.18. The minimum atomic E-state index is -3.66. The number of aromatic nitrogens is 1. The molecule has 0 spiro atoms. The van der Waals surface area contributed by atoms with Crippen molar-refractivity contribution in [3.63, 3.8) is 0 Å². The minimum Gasteiger partial charge on any atom is -0.349 e. The maximum absolute atomic E-state index is 12.1. The van der Waals surface area contributed by atoms with Crippen LogP contribution in [0.25, 0.3) is 0 Å². The molecule has 0 aliphatic heterocycles. The number of nitrogens with zero attached hydrogens (tertiary/aromatic N) is 2. The van der Waals surface area contributed by atoms with E-state index in [1.165, 1.54) is 31.2 Å². The molecular formula is C17H19N3O4S. The predicted molar refractivity (Wildman–Crippen MR) is 94.7 cm³/mol. The molecule has 0 aliphatic rings. The Bertz CT molecular complexity index is 849. The number of carbonyl (C=O) groups excluding carboxylic acids is 2. The van der Waals surface area contributed by atoms with Crippen LogP contribution in [0.3, 0.4) is 0 Å². The van der Waals surface area contributed by atoms with Gasteiger partial charge in [0.15, 0.2) is 5.78 Å². The van der Waals surface area contributed by atoms with Gasteiger partial charge in [-0.3, -0.25) is 18.9 Å². The highest BCUT2D eigenvalue weighted by atomic mass is 32.2. The smallest absolute Gasteiger partial charge is 0.241 e. The van der Waals surface area contributed by atoms with Gasteiger partial charge in [0, 0.05) is 11.8 Å². The fourth-order valence-corrected chi connectivity index (χ4v) is 3.00. The van der Waals surface area contributed by atoms with Gasteiger partial charge in [-0.25, -0.2) is 8.42 Å². The third kappa shape index (κ3) is 5.39. The maximum Gasteiger partial charge on any atom is 0.241 e. The monoisotopic (exact) mass is 361 g/mol. The zero-order valence-corrected chi connectivity index (χ0v) is 14.8. The lowest BCUT2D eigenvalue weighted by molar-refractivity contribution is -0.119. The third-order valence-corrected chi connectivity index (χ3v) is 4.58. The Labute approximate surface area is 146 Å². The van der Waals surface area contributed by atoms with Gasteiger partial charge in [-0.05, 0) is 43.3 Å². The molecule has 1 N–H and O–H groups in total. The van der Waals surface area contributed by atoms with Crippen LogP contribution in [0.4, 0.5) is 5.69 Å². The Morgan fingerprint density at radius 3 is 2.32 bits per heavy atom. The molecule has 0 atom stereocenters. The quantitative estimate of drug-likeness (QED) is 0.751. The molecular weight excluding hydrogens is 342 g/mol. The number of sulfonamides is 1. The molecule has 25 heavy (non-hydrogen) atoms. The molecule has 8 heteroatoms. The van der Waals surface area contributed by atoms with Crippen molar-refractivity contribution in [3.8, 4) is 0 Å². The summed E-state index contributed by atoms with van der Waals surface area (Å²) >= 11 is 0. The first-order chi connectivity index (χ1) is 11.8. The molecule has 0 fully saturated rings. The van der Waals surface area contributed by atoms with Crippen molar-refractivity contribution in [3.05, 3.63) is 59.9 Å². The van der Waals surface area contributed by atoms with E-state index in [1.54, 1.807) is 24.4 Å². The number of ketones is 1. The van der Waals surface area contributed by atoms with Crippen LogP contribution in [0.15, 0.2) is 48.7 Å². The lowest BCUT2D eigenvalue weighted by Gasteiger charge is -2.22. The molecule has 0 unspecified atom stereocenters. The van der Waals surface area contributed by atoms with Crippen LogP contribution in [0, 0.1) is 0 Å². The SMILES string of the molecule is CC(=O)c1ccc(N(CC(=O)NCc2ccccn2)S(C)(=O)=O)cc1. The summed E-state index contributed by atoms with van der Waals surface area (Å²) in [6.07, 6.45) is 2.64. The molecule has 1 heterocycles. The van der Waals surface area contributed by atoms with Crippen LogP contribution in [0.2, 0.25) is 0 Å². The summed E-state index contributed by atoms with van der Waals surface area (Å²) in [5, 5.41) is 2.64. The van der Waals surface area contributed by atoms with Crippen molar-refractivity contribution in [1.29, 1.82) is 0 Å². The average Bonchev–Trinajstić information content (AvgIpc) is 2.58. The molecule has 0 saturated heterocycles. The summed E-state index contributed by atoms with van der Waals surface area (Å²) < 4.78 is 25.0. The molecule has 2 aromatic rings. The zero-order valence-electron chi connectivity index (χ0n) is 14.0. The van der Waals surface area contributed by atoms with Crippen LogP contribution >= 0.6 is 0 Å². The molecule has 0 saturated carbocycles. The number of carbonyl (C=O) groups is 2. The number of anilines is 1. The van der Waals surface area contributed by atoms with Crippen LogP contribution in [0.5, 0.6) is 0 Å². The van der Waals surface area contributed by atoms with E-state index >= 15 is 0 Å². The van der Waals surface area contributed by atoms with Crippen LogP contribution in [0.1, 0.15) is 23.0 Å². The van der Waals surface area contributed by atoms with Crippen molar-refractivity contribution < 1.29 is 18.0 Å². The first kappa shape index (κ1) is 18.6. The van der Waals surface area contributed by atoms with Gasteiger partial charge >= 0.3 is 0 Å². The number of nitrogens with one attached hydrogen (secondary N) is 1. The Morgan fingerprint density at radius 2 is 1.80 bits per heavy atom. The summed E-state index contributed by atoms with van der Waals surface area (Å²) in [5.41, 5.74) is 1.46. The lowest BCUT2D eigenvalue weighted by Crippen LogP contribution is -2.40. The number of hydrogen-bond donors (Lipinski definition) is 1. The molecule has 7 nitrogen and oxygen atoms in total. The number of benzene rings is 1. The van der Waals surface area contributed by atoms with Crippen molar-refractivity contribution in [2.45, 2.75) is 13.5 Å². The van der Waals surface area contributed by atoms with Crippen LogP contribution in [-0.2, 0) is 21.4 Å². The second-order valence-electron chi connectivity index (χ2n) is 5.47. The van der Waals surface area contributed by atoms with E-state index in [-0.39, 0.29) is 18.9 Å². The van der Waals surface area contributed by atoms with Gasteiger partial charge < -0.3 is 5.32 Å². The molecule has 0 aliphatic carbocycles. The van der Waals surface area contributed by atoms with E-state index in [1.807, 2.05) is 0 Å². The molecule has 0 radical (unpaired) electrons. The normalized spacial score (nSPS) is 11.0. The second kappa shape index (κ2) is 7.89. The second-order valence-corrected chi connectivity index (χ2v) is 7.38. The first-order valence-electron chi connectivity index (χ1n) is 7.52. The van der Waals surface area contributed by atoms with Gasteiger partial charge in [0.25, 0.3) is 0 Å². The number of Topliss-reactive ketones (excluding diaryl/α,β-unsaturated/α-hetero) is 1. The van der Waals surface area contributed by atoms with Crippen molar-refractivity contribution in [1.82, 2.24) is 10.3 Å². The zero-order chi connectivity index (χ0) is 18.4. The molecule has 0 bridgehead atoms. The standard InChI is InChI=1S/C17H19N3O4S/c1-13(21)14-6-8-16(9-7-14)20(25(2,23)24)12-17(22)19-11-15-5-3-4-10-18-15/h3-10H,11-12H2,1-2H3,(H,19,22). The van der Waals surface area contributed by atoms with E-state index in [0.717, 1.165) is 10.6 Å². The predicted octanol–water partition coefficient (Wildman–Crippen LogP) is 1.37. The fourth-order valence-electron chi connectivity index (χ4n) is 2.14.